The number of hydrogen-bond acceptors (Lipinski definition) is 4. The van der Waals surface area contributed by atoms with Crippen molar-refractivity contribution >= 4 is 0 Å². The molecule has 4 heteroatoms. The van der Waals surface area contributed by atoms with Crippen LogP contribution in [-0.2, 0) is 0 Å². The molecule has 0 aromatic carbocycles. The monoisotopic (exact) mass is 209 g/mol. The fourth-order valence-electron chi connectivity index (χ4n) is 1.20. The van der Waals surface area contributed by atoms with Crippen LogP contribution >= 0.6 is 0 Å². The molecule has 1 rings (SSSR count). The first kappa shape index (κ1) is 11.9. The standard InChI is InChI=1S/C11H19N3O/c1-9(12)10-5-4-6-13-11(10)15-8-7-14(2)3/h4-6,9H,7-8,12H2,1-3H3/t9-/m0/s1. The van der Waals surface area contributed by atoms with E-state index in [0.29, 0.717) is 12.5 Å². The van der Waals surface area contributed by atoms with Gasteiger partial charge in [0.15, 0.2) is 0 Å². The van der Waals surface area contributed by atoms with Gasteiger partial charge in [-0.1, -0.05) is 6.07 Å². The predicted molar refractivity (Wildman–Crippen MR) is 60.9 cm³/mol. The molecule has 0 unspecified atom stereocenters. The zero-order chi connectivity index (χ0) is 11.3. The highest BCUT2D eigenvalue weighted by atomic mass is 16.5. The molecule has 0 aliphatic carbocycles. The lowest BCUT2D eigenvalue weighted by molar-refractivity contribution is 0.251. The third kappa shape index (κ3) is 3.85. The summed E-state index contributed by atoms with van der Waals surface area (Å²) < 4.78 is 5.58. The maximum atomic E-state index is 5.82. The van der Waals surface area contributed by atoms with Gasteiger partial charge >= 0.3 is 0 Å². The van der Waals surface area contributed by atoms with Gasteiger partial charge in [-0.2, -0.15) is 0 Å². The minimum Gasteiger partial charge on any atom is -0.476 e. The number of nitrogens with zero attached hydrogens (tertiary/aromatic N) is 2. The zero-order valence-electron chi connectivity index (χ0n) is 9.60. The Morgan fingerprint density at radius 1 is 1.53 bits per heavy atom. The number of hydrogen-bond donors (Lipinski definition) is 1. The first-order chi connectivity index (χ1) is 7.11. The normalized spacial score (nSPS) is 12.9. The van der Waals surface area contributed by atoms with Crippen molar-refractivity contribution in [3.05, 3.63) is 23.9 Å². The molecule has 0 spiro atoms. The molecule has 15 heavy (non-hydrogen) atoms. The summed E-state index contributed by atoms with van der Waals surface area (Å²) in [7, 11) is 4.02. The lowest BCUT2D eigenvalue weighted by atomic mass is 10.1. The van der Waals surface area contributed by atoms with Gasteiger partial charge in [-0.15, -0.1) is 0 Å². The fraction of sp³-hybridized carbons (Fsp3) is 0.545. The highest BCUT2D eigenvalue weighted by Crippen LogP contribution is 2.19. The van der Waals surface area contributed by atoms with E-state index in [2.05, 4.69) is 9.88 Å². The number of aromatic nitrogens is 1. The molecule has 0 saturated heterocycles. The summed E-state index contributed by atoms with van der Waals surface area (Å²) in [6.45, 7) is 3.43. The summed E-state index contributed by atoms with van der Waals surface area (Å²) in [6.07, 6.45) is 1.72. The second kappa shape index (κ2) is 5.68. The van der Waals surface area contributed by atoms with Crippen LogP contribution in [0, 0.1) is 0 Å². The van der Waals surface area contributed by atoms with Gasteiger partial charge in [0.05, 0.1) is 0 Å². The summed E-state index contributed by atoms with van der Waals surface area (Å²) in [5, 5.41) is 0. The van der Waals surface area contributed by atoms with Gasteiger partial charge in [0.25, 0.3) is 0 Å². The number of pyridine rings is 1. The van der Waals surface area contributed by atoms with Crippen LogP contribution in [0.15, 0.2) is 18.3 Å². The molecule has 0 saturated carbocycles. The molecule has 1 heterocycles. The van der Waals surface area contributed by atoms with Gasteiger partial charge in [0, 0.05) is 24.3 Å². The topological polar surface area (TPSA) is 51.4 Å². The lowest BCUT2D eigenvalue weighted by Crippen LogP contribution is -2.20. The molecule has 84 valence electrons. The van der Waals surface area contributed by atoms with Crippen LogP contribution < -0.4 is 10.5 Å². The Bertz CT molecular complexity index is 300. The number of rotatable bonds is 5. The van der Waals surface area contributed by atoms with Crippen molar-refractivity contribution in [1.29, 1.82) is 0 Å². The van der Waals surface area contributed by atoms with E-state index in [4.69, 9.17) is 10.5 Å². The van der Waals surface area contributed by atoms with Crippen LogP contribution in [0.3, 0.4) is 0 Å². The van der Waals surface area contributed by atoms with E-state index in [9.17, 15) is 0 Å². The molecule has 0 amide bonds. The molecule has 0 aliphatic heterocycles. The third-order valence-electron chi connectivity index (χ3n) is 2.07. The Hall–Kier alpha value is -1.13. The Labute approximate surface area is 91.1 Å². The molecule has 0 bridgehead atoms. The number of likely N-dealkylation sites (N-methyl/N-ethyl adjacent to an activating group) is 1. The average molecular weight is 209 g/mol. The van der Waals surface area contributed by atoms with Gasteiger partial charge in [0.2, 0.25) is 5.88 Å². The van der Waals surface area contributed by atoms with Gasteiger partial charge < -0.3 is 15.4 Å². The molecule has 0 radical (unpaired) electrons. The zero-order valence-corrected chi connectivity index (χ0v) is 9.60. The van der Waals surface area contributed by atoms with E-state index in [1.54, 1.807) is 6.20 Å². The Balaban J connectivity index is 2.59. The van der Waals surface area contributed by atoms with Crippen LogP contribution in [0.4, 0.5) is 0 Å². The molecule has 2 N–H and O–H groups in total. The van der Waals surface area contributed by atoms with Gasteiger partial charge in [-0.3, -0.25) is 0 Å². The molecule has 1 atom stereocenters. The molecular formula is C11H19N3O. The number of ether oxygens (including phenoxy) is 1. The van der Waals surface area contributed by atoms with Gasteiger partial charge in [-0.05, 0) is 27.1 Å². The highest BCUT2D eigenvalue weighted by molar-refractivity contribution is 5.28. The second-order valence-electron chi connectivity index (χ2n) is 3.84. The van der Waals surface area contributed by atoms with E-state index < -0.39 is 0 Å². The summed E-state index contributed by atoms with van der Waals surface area (Å²) >= 11 is 0. The van der Waals surface area contributed by atoms with Crippen LogP contribution in [0.1, 0.15) is 18.5 Å². The first-order valence-electron chi connectivity index (χ1n) is 5.09. The fourth-order valence-corrected chi connectivity index (χ4v) is 1.20. The summed E-state index contributed by atoms with van der Waals surface area (Å²) in [6, 6.07) is 3.77. The molecule has 1 aromatic rings. The van der Waals surface area contributed by atoms with Crippen molar-refractivity contribution in [2.45, 2.75) is 13.0 Å². The Morgan fingerprint density at radius 2 is 2.27 bits per heavy atom. The quantitative estimate of drug-likeness (QED) is 0.787. The second-order valence-corrected chi connectivity index (χ2v) is 3.84. The maximum absolute atomic E-state index is 5.82. The van der Waals surface area contributed by atoms with E-state index >= 15 is 0 Å². The van der Waals surface area contributed by atoms with Crippen LogP contribution in [-0.4, -0.2) is 37.1 Å². The number of nitrogens with two attached hydrogens (primary N) is 1. The van der Waals surface area contributed by atoms with Crippen LogP contribution in [0.25, 0.3) is 0 Å². The van der Waals surface area contributed by atoms with Crippen LogP contribution in [0.2, 0.25) is 0 Å². The summed E-state index contributed by atoms with van der Waals surface area (Å²) in [5.74, 6) is 0.648. The van der Waals surface area contributed by atoms with Gasteiger partial charge in [0.1, 0.15) is 6.61 Å². The van der Waals surface area contributed by atoms with Crippen molar-refractivity contribution < 1.29 is 4.74 Å². The van der Waals surface area contributed by atoms with Crippen molar-refractivity contribution in [2.75, 3.05) is 27.2 Å². The van der Waals surface area contributed by atoms with Crippen LogP contribution in [0.5, 0.6) is 5.88 Å². The smallest absolute Gasteiger partial charge is 0.218 e. The molecule has 1 aromatic heterocycles. The van der Waals surface area contributed by atoms with E-state index in [-0.39, 0.29) is 6.04 Å². The van der Waals surface area contributed by atoms with Crippen molar-refractivity contribution in [2.24, 2.45) is 5.73 Å². The third-order valence-corrected chi connectivity index (χ3v) is 2.07. The van der Waals surface area contributed by atoms with Gasteiger partial charge in [-0.25, -0.2) is 4.98 Å². The van der Waals surface area contributed by atoms with Crippen molar-refractivity contribution in [3.63, 3.8) is 0 Å². The molecule has 0 fully saturated rings. The van der Waals surface area contributed by atoms with Crippen molar-refractivity contribution in [1.82, 2.24) is 9.88 Å². The maximum Gasteiger partial charge on any atom is 0.218 e. The summed E-state index contributed by atoms with van der Waals surface area (Å²) in [4.78, 5) is 6.24. The predicted octanol–water partition coefficient (Wildman–Crippen LogP) is 1.04. The molecule has 0 aliphatic rings. The average Bonchev–Trinajstić information content (AvgIpc) is 2.17. The molecule has 4 nitrogen and oxygen atoms in total. The molecular weight excluding hydrogens is 190 g/mol. The minimum absolute atomic E-state index is 0.0481. The van der Waals surface area contributed by atoms with E-state index in [1.807, 2.05) is 33.2 Å². The Morgan fingerprint density at radius 3 is 2.87 bits per heavy atom. The highest BCUT2D eigenvalue weighted by Gasteiger charge is 2.08. The largest absolute Gasteiger partial charge is 0.476 e. The van der Waals surface area contributed by atoms with E-state index in [1.165, 1.54) is 0 Å². The van der Waals surface area contributed by atoms with E-state index in [0.717, 1.165) is 12.1 Å². The van der Waals surface area contributed by atoms with Crippen molar-refractivity contribution in [3.8, 4) is 5.88 Å². The lowest BCUT2D eigenvalue weighted by Gasteiger charge is -2.14. The SMILES string of the molecule is C[C@H](N)c1cccnc1OCCN(C)C. The first-order valence-corrected chi connectivity index (χ1v) is 5.09. The summed E-state index contributed by atoms with van der Waals surface area (Å²) in [5.41, 5.74) is 6.77. The Kier molecular flexibility index (Phi) is 4.52. The minimum atomic E-state index is -0.0481.